The fourth-order valence-electron chi connectivity index (χ4n) is 3.65. The Balaban J connectivity index is 1.93. The van der Waals surface area contributed by atoms with E-state index < -0.39 is 28.4 Å². The van der Waals surface area contributed by atoms with E-state index in [9.17, 15) is 24.8 Å². The molecule has 3 aromatic rings. The molecule has 1 aromatic heterocycles. The number of aliphatic hydroxyl groups is 1. The largest absolute Gasteiger partial charge is 0.507 e. The SMILES string of the molecule is COc1ccc(C(O)=C2C(=O)C(=O)N(c3nc(C)c(C)s3)[C@@H]2c2ccc([N+](=O)[O-])cc2)cc1Cl. The summed E-state index contributed by atoms with van der Waals surface area (Å²) in [6.45, 7) is 3.62. The summed E-state index contributed by atoms with van der Waals surface area (Å²) in [5.41, 5.74) is 0.985. The number of thiazole rings is 1. The molecule has 1 aliphatic rings. The zero-order chi connectivity index (χ0) is 24.7. The molecule has 2 heterocycles. The van der Waals surface area contributed by atoms with Crippen LogP contribution in [0.1, 0.15) is 27.7 Å². The second-order valence-corrected chi connectivity index (χ2v) is 9.09. The minimum atomic E-state index is -1.05. The molecule has 9 nitrogen and oxygen atoms in total. The summed E-state index contributed by atoms with van der Waals surface area (Å²) < 4.78 is 5.13. The van der Waals surface area contributed by atoms with Crippen molar-refractivity contribution in [1.29, 1.82) is 0 Å². The van der Waals surface area contributed by atoms with Gasteiger partial charge in [-0.3, -0.25) is 24.6 Å². The van der Waals surface area contributed by atoms with Gasteiger partial charge in [-0.25, -0.2) is 4.98 Å². The lowest BCUT2D eigenvalue weighted by atomic mass is 9.95. The zero-order valence-electron chi connectivity index (χ0n) is 18.2. The highest BCUT2D eigenvalue weighted by Crippen LogP contribution is 2.44. The van der Waals surface area contributed by atoms with Crippen molar-refractivity contribution in [3.8, 4) is 5.75 Å². The second kappa shape index (κ2) is 8.88. The fraction of sp³-hybridized carbons (Fsp3) is 0.174. The van der Waals surface area contributed by atoms with Gasteiger partial charge in [0.05, 0.1) is 34.4 Å². The van der Waals surface area contributed by atoms with Crippen LogP contribution in [-0.4, -0.2) is 33.8 Å². The molecule has 0 aliphatic carbocycles. The molecule has 1 atom stereocenters. The lowest BCUT2D eigenvalue weighted by Crippen LogP contribution is -2.29. The molecular formula is C23H18ClN3O6S. The van der Waals surface area contributed by atoms with E-state index in [4.69, 9.17) is 16.3 Å². The Morgan fingerprint density at radius 1 is 1.21 bits per heavy atom. The van der Waals surface area contributed by atoms with Gasteiger partial charge in [0.1, 0.15) is 11.5 Å². The fourth-order valence-corrected chi connectivity index (χ4v) is 4.85. The van der Waals surface area contributed by atoms with E-state index in [-0.39, 0.29) is 27.0 Å². The van der Waals surface area contributed by atoms with Gasteiger partial charge in [-0.15, -0.1) is 11.3 Å². The number of anilines is 1. The van der Waals surface area contributed by atoms with Crippen LogP contribution in [0.4, 0.5) is 10.8 Å². The topological polar surface area (TPSA) is 123 Å². The number of methoxy groups -OCH3 is 1. The number of carbonyl (C=O) groups excluding carboxylic acids is 2. The summed E-state index contributed by atoms with van der Waals surface area (Å²) in [5.74, 6) is -1.82. The average Bonchev–Trinajstić information content (AvgIpc) is 3.28. The van der Waals surface area contributed by atoms with Crippen LogP contribution in [0.5, 0.6) is 5.75 Å². The Morgan fingerprint density at radius 2 is 1.88 bits per heavy atom. The first-order chi connectivity index (χ1) is 16.1. The number of nitro groups is 1. The van der Waals surface area contributed by atoms with Gasteiger partial charge in [-0.2, -0.15) is 0 Å². The van der Waals surface area contributed by atoms with Crippen molar-refractivity contribution in [2.24, 2.45) is 0 Å². The van der Waals surface area contributed by atoms with E-state index in [1.165, 1.54) is 65.8 Å². The number of aromatic nitrogens is 1. The van der Waals surface area contributed by atoms with Crippen molar-refractivity contribution in [2.75, 3.05) is 12.0 Å². The van der Waals surface area contributed by atoms with Gasteiger partial charge in [0.25, 0.3) is 11.5 Å². The zero-order valence-corrected chi connectivity index (χ0v) is 19.8. The molecule has 34 heavy (non-hydrogen) atoms. The van der Waals surface area contributed by atoms with Crippen molar-refractivity contribution in [1.82, 2.24) is 4.98 Å². The van der Waals surface area contributed by atoms with Gasteiger partial charge < -0.3 is 9.84 Å². The van der Waals surface area contributed by atoms with Crippen LogP contribution in [-0.2, 0) is 9.59 Å². The van der Waals surface area contributed by atoms with Crippen LogP contribution >= 0.6 is 22.9 Å². The smallest absolute Gasteiger partial charge is 0.301 e. The van der Waals surface area contributed by atoms with Gasteiger partial charge in [-0.05, 0) is 49.7 Å². The van der Waals surface area contributed by atoms with Gasteiger partial charge in [0, 0.05) is 22.6 Å². The number of nitrogens with zero attached hydrogens (tertiary/aromatic N) is 3. The third kappa shape index (κ3) is 3.91. The van der Waals surface area contributed by atoms with Crippen LogP contribution in [0.3, 0.4) is 0 Å². The number of hydrogen-bond donors (Lipinski definition) is 1. The number of nitro benzene ring substituents is 1. The van der Waals surface area contributed by atoms with Gasteiger partial charge >= 0.3 is 5.91 Å². The van der Waals surface area contributed by atoms with E-state index in [0.717, 1.165) is 4.88 Å². The monoisotopic (exact) mass is 499 g/mol. The van der Waals surface area contributed by atoms with Crippen molar-refractivity contribution >= 4 is 51.2 Å². The summed E-state index contributed by atoms with van der Waals surface area (Å²) in [6, 6.07) is 8.86. The van der Waals surface area contributed by atoms with Crippen molar-refractivity contribution in [3.05, 3.63) is 84.9 Å². The van der Waals surface area contributed by atoms with Crippen LogP contribution in [0, 0.1) is 24.0 Å². The van der Waals surface area contributed by atoms with E-state index in [0.29, 0.717) is 17.0 Å². The number of non-ortho nitro benzene ring substituents is 1. The van der Waals surface area contributed by atoms with Gasteiger partial charge in [0.15, 0.2) is 5.13 Å². The first kappa shape index (κ1) is 23.4. The molecule has 11 heteroatoms. The standard InChI is InChI=1S/C23H18ClN3O6S/c1-11-12(2)34-23(25-11)26-19(13-4-7-15(8-5-13)27(31)32)18(21(29)22(26)30)20(28)14-6-9-17(33-3)16(24)10-14/h4-10,19,28H,1-3H3/t19-/m1/s1. The number of amides is 1. The first-order valence-electron chi connectivity index (χ1n) is 9.97. The predicted octanol–water partition coefficient (Wildman–Crippen LogP) is 4.96. The number of hydrogen-bond acceptors (Lipinski definition) is 8. The number of halogens is 1. The van der Waals surface area contributed by atoms with E-state index >= 15 is 0 Å². The number of ether oxygens (including phenoxy) is 1. The van der Waals surface area contributed by atoms with Crippen molar-refractivity contribution in [2.45, 2.75) is 19.9 Å². The van der Waals surface area contributed by atoms with Crippen LogP contribution in [0.15, 0.2) is 48.0 Å². The third-order valence-corrected chi connectivity index (χ3v) is 6.88. The number of ketones is 1. The number of carbonyl (C=O) groups is 2. The van der Waals surface area contributed by atoms with Gasteiger partial charge in [0.2, 0.25) is 0 Å². The maximum absolute atomic E-state index is 13.2. The molecule has 1 aliphatic heterocycles. The maximum Gasteiger partial charge on any atom is 0.301 e. The number of benzene rings is 2. The first-order valence-corrected chi connectivity index (χ1v) is 11.2. The maximum atomic E-state index is 13.2. The summed E-state index contributed by atoms with van der Waals surface area (Å²) >= 11 is 7.43. The summed E-state index contributed by atoms with van der Waals surface area (Å²) in [5, 5.41) is 22.8. The summed E-state index contributed by atoms with van der Waals surface area (Å²) in [7, 11) is 1.44. The second-order valence-electron chi connectivity index (χ2n) is 7.51. The minimum Gasteiger partial charge on any atom is -0.507 e. The molecule has 1 fully saturated rings. The normalized spacial score (nSPS) is 17.3. The van der Waals surface area contributed by atoms with E-state index in [2.05, 4.69) is 4.98 Å². The van der Waals surface area contributed by atoms with Crippen LogP contribution in [0.2, 0.25) is 5.02 Å². The molecule has 1 amide bonds. The van der Waals surface area contributed by atoms with Crippen molar-refractivity contribution < 1.29 is 24.4 Å². The average molecular weight is 500 g/mol. The lowest BCUT2D eigenvalue weighted by Gasteiger charge is -2.23. The number of rotatable bonds is 5. The molecule has 0 saturated carbocycles. The van der Waals surface area contributed by atoms with E-state index in [1.54, 1.807) is 6.92 Å². The molecule has 0 unspecified atom stereocenters. The summed E-state index contributed by atoms with van der Waals surface area (Å²) in [4.78, 5) is 43.4. The Labute approximate surface area is 203 Å². The quantitative estimate of drug-likeness (QED) is 0.173. The molecule has 0 bridgehead atoms. The van der Waals surface area contributed by atoms with Gasteiger partial charge in [-0.1, -0.05) is 11.6 Å². The Morgan fingerprint density at radius 3 is 2.41 bits per heavy atom. The Hall–Kier alpha value is -3.76. The summed E-state index contributed by atoms with van der Waals surface area (Å²) in [6.07, 6.45) is 0. The predicted molar refractivity (Wildman–Crippen MR) is 127 cm³/mol. The third-order valence-electron chi connectivity index (χ3n) is 5.51. The molecule has 1 saturated heterocycles. The highest BCUT2D eigenvalue weighted by atomic mass is 35.5. The highest BCUT2D eigenvalue weighted by Gasteiger charge is 2.48. The van der Waals surface area contributed by atoms with Crippen molar-refractivity contribution in [3.63, 3.8) is 0 Å². The molecule has 1 N–H and O–H groups in total. The Bertz CT molecular complexity index is 1350. The number of aryl methyl sites for hydroxylation is 2. The molecule has 0 spiro atoms. The molecule has 174 valence electrons. The number of aliphatic hydroxyl groups excluding tert-OH is 1. The highest BCUT2D eigenvalue weighted by molar-refractivity contribution is 7.16. The molecular weight excluding hydrogens is 482 g/mol. The van der Waals surface area contributed by atoms with Crippen LogP contribution < -0.4 is 9.64 Å². The number of Topliss-reactive ketones (excluding diaryl/α,β-unsaturated/α-hetero) is 1. The lowest BCUT2D eigenvalue weighted by molar-refractivity contribution is -0.384. The van der Waals surface area contributed by atoms with E-state index in [1.807, 2.05) is 6.92 Å². The van der Waals surface area contributed by atoms with Crippen LogP contribution in [0.25, 0.3) is 5.76 Å². The molecule has 2 aromatic carbocycles. The Kier molecular flexibility index (Phi) is 6.11. The molecule has 4 rings (SSSR count). The minimum absolute atomic E-state index is 0.149. The molecule has 0 radical (unpaired) electrons.